The van der Waals surface area contributed by atoms with Crippen molar-refractivity contribution < 1.29 is 9.18 Å². The molecule has 0 aliphatic heterocycles. The van der Waals surface area contributed by atoms with Gasteiger partial charge in [-0.2, -0.15) is 0 Å². The normalized spacial score (nSPS) is 9.07. The molecule has 0 heterocycles. The second-order valence-corrected chi connectivity index (χ2v) is 2.74. The van der Waals surface area contributed by atoms with E-state index in [0.29, 0.717) is 17.5 Å². The predicted molar refractivity (Wildman–Crippen MR) is 54.9 cm³/mol. The fourth-order valence-electron chi connectivity index (χ4n) is 1.12. The highest BCUT2D eigenvalue weighted by molar-refractivity contribution is 5.93. The summed E-state index contributed by atoms with van der Waals surface area (Å²) in [5.74, 6) is -0.579. The van der Waals surface area contributed by atoms with E-state index in [2.05, 4.69) is 5.32 Å². The largest absolute Gasteiger partial charge is 0.355 e. The van der Waals surface area contributed by atoms with Gasteiger partial charge in [0.25, 0.3) is 5.91 Å². The fraction of sp³-hybridized carbons (Fsp3) is 0.300. The molecule has 1 rings (SSSR count). The molecule has 0 spiro atoms. The highest BCUT2D eigenvalue weighted by atomic mass is 19.1. The van der Waals surface area contributed by atoms with Gasteiger partial charge in [0.05, 0.1) is 0 Å². The lowest BCUT2D eigenvalue weighted by atomic mass is 10.1. The first kappa shape index (κ1) is 12.7. The second kappa shape index (κ2) is 5.42. The Morgan fingerprint density at radius 1 is 1.50 bits per heavy atom. The third-order valence-electron chi connectivity index (χ3n) is 1.92. The van der Waals surface area contributed by atoms with Crippen molar-refractivity contribution in [1.29, 1.82) is 0 Å². The Labute approximate surface area is 85.1 Å². The van der Waals surface area contributed by atoms with Crippen molar-refractivity contribution in [2.45, 2.75) is 13.3 Å². The minimum absolute atomic E-state index is 0. The summed E-state index contributed by atoms with van der Waals surface area (Å²) in [6.07, 6.45) is 0.639. The van der Waals surface area contributed by atoms with E-state index in [0.717, 1.165) is 0 Å². The summed E-state index contributed by atoms with van der Waals surface area (Å²) in [4.78, 5) is 11.1. The molecule has 0 aliphatic carbocycles. The van der Waals surface area contributed by atoms with Crippen molar-refractivity contribution in [3.8, 4) is 0 Å². The van der Waals surface area contributed by atoms with Crippen LogP contribution in [0, 0.1) is 5.82 Å². The molecule has 0 saturated carbocycles. The lowest BCUT2D eigenvalue weighted by Crippen LogP contribution is -2.17. The fourth-order valence-corrected chi connectivity index (χ4v) is 1.12. The Kier molecular flexibility index (Phi) is 4.91. The first-order valence-electron chi connectivity index (χ1n) is 4.19. The predicted octanol–water partition coefficient (Wildman–Crippen LogP) is 1.37. The van der Waals surface area contributed by atoms with Crippen LogP contribution >= 0.6 is 0 Å². The summed E-state index contributed by atoms with van der Waals surface area (Å²) in [6, 6.07) is 4.53. The van der Waals surface area contributed by atoms with Crippen LogP contribution in [0.1, 0.15) is 22.8 Å². The van der Waals surface area contributed by atoms with E-state index in [1.165, 1.54) is 13.1 Å². The summed E-state index contributed by atoms with van der Waals surface area (Å²) in [6.45, 7) is 1.87. The number of benzene rings is 1. The monoisotopic (exact) mass is 192 g/mol. The lowest BCUT2D eigenvalue weighted by molar-refractivity contribution is 0.0962. The minimum Gasteiger partial charge on any atom is -0.355 e. The summed E-state index contributed by atoms with van der Waals surface area (Å²) < 4.78 is 13.2. The number of nitrogens with one attached hydrogen (secondary N) is 1. The van der Waals surface area contributed by atoms with E-state index in [9.17, 15) is 9.18 Å². The van der Waals surface area contributed by atoms with E-state index >= 15 is 0 Å². The van der Waals surface area contributed by atoms with Gasteiger partial charge in [0, 0.05) is 21.0 Å². The zero-order valence-corrected chi connectivity index (χ0v) is 8.30. The SMILES string of the molecule is CCc1ccc(C(=O)NC)cc1F.[B]. The third kappa shape index (κ3) is 2.59. The van der Waals surface area contributed by atoms with Crippen LogP contribution in [0.4, 0.5) is 4.39 Å². The number of hydrogen-bond acceptors (Lipinski definition) is 1. The standard InChI is InChI=1S/C10H12FNO.B/c1-3-7-4-5-8(6-9(7)11)10(13)12-2;/h4-6H,3H2,1-2H3,(H,12,13);. The maximum atomic E-state index is 13.2. The molecular weight excluding hydrogens is 180 g/mol. The Balaban J connectivity index is 0.00000169. The van der Waals surface area contributed by atoms with Gasteiger partial charge in [-0.25, -0.2) is 4.39 Å². The summed E-state index contributed by atoms with van der Waals surface area (Å²) in [7, 11) is 1.52. The molecule has 4 heteroatoms. The molecule has 0 bridgehead atoms. The van der Waals surface area contributed by atoms with Gasteiger partial charge in [-0.3, -0.25) is 4.79 Å². The molecule has 3 radical (unpaired) electrons. The van der Waals surface area contributed by atoms with Crippen LogP contribution in [0.3, 0.4) is 0 Å². The topological polar surface area (TPSA) is 29.1 Å². The zero-order chi connectivity index (χ0) is 9.84. The Morgan fingerprint density at radius 3 is 2.57 bits per heavy atom. The summed E-state index contributed by atoms with van der Waals surface area (Å²) >= 11 is 0. The molecule has 1 aromatic rings. The maximum absolute atomic E-state index is 13.2. The molecule has 0 fully saturated rings. The number of carbonyl (C=O) groups excluding carboxylic acids is 1. The van der Waals surface area contributed by atoms with Gasteiger partial charge in [-0.05, 0) is 24.1 Å². The van der Waals surface area contributed by atoms with Gasteiger partial charge >= 0.3 is 0 Å². The average Bonchev–Trinajstić information content (AvgIpc) is 2.16. The van der Waals surface area contributed by atoms with E-state index in [4.69, 9.17) is 0 Å². The first-order chi connectivity index (χ1) is 6.19. The van der Waals surface area contributed by atoms with E-state index in [1.54, 1.807) is 12.1 Å². The summed E-state index contributed by atoms with van der Waals surface area (Å²) in [5.41, 5.74) is 0.991. The van der Waals surface area contributed by atoms with Crippen molar-refractivity contribution >= 4 is 14.3 Å². The average molecular weight is 192 g/mol. The highest BCUT2D eigenvalue weighted by Gasteiger charge is 2.06. The van der Waals surface area contributed by atoms with Gasteiger partial charge < -0.3 is 5.32 Å². The molecule has 0 saturated heterocycles. The van der Waals surface area contributed by atoms with Crippen molar-refractivity contribution in [3.63, 3.8) is 0 Å². The molecule has 0 unspecified atom stereocenters. The molecule has 1 amide bonds. The van der Waals surface area contributed by atoms with Crippen molar-refractivity contribution in [3.05, 3.63) is 35.1 Å². The smallest absolute Gasteiger partial charge is 0.251 e. The van der Waals surface area contributed by atoms with Crippen LogP contribution in [-0.4, -0.2) is 21.4 Å². The van der Waals surface area contributed by atoms with E-state index < -0.39 is 0 Å². The van der Waals surface area contributed by atoms with Crippen LogP contribution in [0.15, 0.2) is 18.2 Å². The third-order valence-corrected chi connectivity index (χ3v) is 1.92. The number of aryl methyl sites for hydroxylation is 1. The van der Waals surface area contributed by atoms with Crippen molar-refractivity contribution in [2.75, 3.05) is 7.05 Å². The van der Waals surface area contributed by atoms with Gasteiger partial charge in [-0.15, -0.1) is 0 Å². The molecule has 2 nitrogen and oxygen atoms in total. The van der Waals surface area contributed by atoms with Crippen LogP contribution in [0.5, 0.6) is 0 Å². The quantitative estimate of drug-likeness (QED) is 0.704. The summed E-state index contributed by atoms with van der Waals surface area (Å²) in [5, 5.41) is 2.44. The number of amides is 1. The Hall–Kier alpha value is -1.32. The van der Waals surface area contributed by atoms with Crippen molar-refractivity contribution in [2.24, 2.45) is 0 Å². The van der Waals surface area contributed by atoms with E-state index in [1.807, 2.05) is 6.92 Å². The highest BCUT2D eigenvalue weighted by Crippen LogP contribution is 2.10. The molecule has 14 heavy (non-hydrogen) atoms. The molecule has 0 atom stereocenters. The van der Waals surface area contributed by atoms with Gasteiger partial charge in [-0.1, -0.05) is 13.0 Å². The van der Waals surface area contributed by atoms with Gasteiger partial charge in [0.1, 0.15) is 5.82 Å². The molecule has 1 N–H and O–H groups in total. The number of halogens is 1. The lowest BCUT2D eigenvalue weighted by Gasteiger charge is -2.02. The van der Waals surface area contributed by atoms with Crippen LogP contribution < -0.4 is 5.32 Å². The number of hydrogen-bond donors (Lipinski definition) is 1. The minimum atomic E-state index is -0.316. The van der Waals surface area contributed by atoms with Gasteiger partial charge in [0.15, 0.2) is 0 Å². The molecule has 0 aromatic heterocycles. The molecule has 0 aliphatic rings. The number of carbonyl (C=O) groups is 1. The molecule has 73 valence electrons. The first-order valence-corrected chi connectivity index (χ1v) is 4.19. The van der Waals surface area contributed by atoms with E-state index in [-0.39, 0.29) is 20.1 Å². The van der Waals surface area contributed by atoms with Crippen LogP contribution in [0.25, 0.3) is 0 Å². The maximum Gasteiger partial charge on any atom is 0.251 e. The molecule has 1 aromatic carbocycles. The second-order valence-electron chi connectivity index (χ2n) is 2.74. The van der Waals surface area contributed by atoms with Crippen LogP contribution in [-0.2, 0) is 6.42 Å². The Bertz CT molecular complexity index is 328. The van der Waals surface area contributed by atoms with Crippen molar-refractivity contribution in [1.82, 2.24) is 5.32 Å². The zero-order valence-electron chi connectivity index (χ0n) is 8.30. The molecular formula is C10H12BFNO. The van der Waals surface area contributed by atoms with Crippen LogP contribution in [0.2, 0.25) is 0 Å². The Morgan fingerprint density at radius 2 is 2.14 bits per heavy atom. The van der Waals surface area contributed by atoms with Gasteiger partial charge in [0.2, 0.25) is 0 Å². The number of rotatable bonds is 2.